The van der Waals surface area contributed by atoms with Gasteiger partial charge in [0.05, 0.1) is 5.60 Å². The van der Waals surface area contributed by atoms with Crippen molar-refractivity contribution in [1.82, 2.24) is 5.32 Å². The van der Waals surface area contributed by atoms with Crippen LogP contribution in [0.3, 0.4) is 0 Å². The largest absolute Gasteiger partial charge is 0.375 e. The number of unbranched alkanes of at least 4 members (excludes halogenated alkanes) is 2. The predicted molar refractivity (Wildman–Crippen MR) is 88.2 cm³/mol. The van der Waals surface area contributed by atoms with Gasteiger partial charge >= 0.3 is 9.15 Å². The van der Waals surface area contributed by atoms with Crippen molar-refractivity contribution in [2.75, 3.05) is 25.4 Å². The van der Waals surface area contributed by atoms with Crippen LogP contribution in [0.4, 0.5) is 0 Å². The first-order valence-electron chi connectivity index (χ1n) is 7.88. The van der Waals surface area contributed by atoms with E-state index in [1.165, 1.54) is 32.1 Å². The Labute approximate surface area is 132 Å². The minimum absolute atomic E-state index is 0.115. The van der Waals surface area contributed by atoms with Gasteiger partial charge in [-0.05, 0) is 56.4 Å². The highest BCUT2D eigenvalue weighted by atomic mass is 33.1. The van der Waals surface area contributed by atoms with Gasteiger partial charge in [0.25, 0.3) is 0 Å². The molecule has 126 valence electrons. The fourth-order valence-corrected chi connectivity index (χ4v) is 3.96. The third kappa shape index (κ3) is 10.5. The molecule has 0 spiro atoms. The van der Waals surface area contributed by atoms with Crippen LogP contribution in [-0.4, -0.2) is 44.0 Å². The Kier molecular flexibility index (Phi) is 9.20. The van der Waals surface area contributed by atoms with Gasteiger partial charge in [0, 0.05) is 18.9 Å². The molecule has 0 saturated heterocycles. The second-order valence-electron chi connectivity index (χ2n) is 5.92. The molecule has 0 unspecified atom stereocenters. The van der Waals surface area contributed by atoms with Gasteiger partial charge in [-0.25, -0.2) is 0 Å². The molecule has 0 aromatic heterocycles. The van der Waals surface area contributed by atoms with Crippen molar-refractivity contribution < 1.29 is 17.7 Å². The molecule has 0 atom stereocenters. The minimum atomic E-state index is -3.89. The summed E-state index contributed by atoms with van der Waals surface area (Å²) in [6.45, 7) is 4.55. The molecule has 2 N–H and O–H groups in total. The lowest BCUT2D eigenvalue weighted by Gasteiger charge is -2.33. The molecule has 0 heterocycles. The van der Waals surface area contributed by atoms with Crippen molar-refractivity contribution >= 4 is 19.9 Å². The minimum Gasteiger partial charge on any atom is -0.375 e. The Morgan fingerprint density at radius 2 is 1.86 bits per heavy atom. The number of rotatable bonds is 11. The molecular weight excluding hydrogens is 310 g/mol. The van der Waals surface area contributed by atoms with Crippen molar-refractivity contribution in [3.8, 4) is 0 Å². The predicted octanol–water partition coefficient (Wildman–Crippen LogP) is 3.02. The lowest BCUT2D eigenvalue weighted by molar-refractivity contribution is -0.0573. The number of nitrogens with one attached hydrogen (secondary N) is 1. The second-order valence-corrected chi connectivity index (χ2v) is 9.39. The number of ether oxygens (including phenoxy) is 1. The highest BCUT2D eigenvalue weighted by Crippen LogP contribution is 2.31. The van der Waals surface area contributed by atoms with E-state index < -0.39 is 9.15 Å². The van der Waals surface area contributed by atoms with Crippen molar-refractivity contribution in [1.29, 1.82) is 0 Å². The van der Waals surface area contributed by atoms with Crippen molar-refractivity contribution in [3.63, 3.8) is 0 Å². The van der Waals surface area contributed by atoms with E-state index in [4.69, 9.17) is 9.29 Å². The molecule has 0 aliphatic heterocycles. The number of hydrogen-bond donors (Lipinski definition) is 2. The SMILES string of the molecule is CC1(OCCCCCNCCSS(=O)(=O)O)CCCCC1. The molecule has 0 aromatic rings. The number of hydrogen-bond acceptors (Lipinski definition) is 5. The monoisotopic (exact) mass is 339 g/mol. The summed E-state index contributed by atoms with van der Waals surface area (Å²) in [5.74, 6) is 0.375. The van der Waals surface area contributed by atoms with E-state index in [1.807, 2.05) is 0 Å². The Morgan fingerprint density at radius 3 is 2.52 bits per heavy atom. The van der Waals surface area contributed by atoms with Crippen LogP contribution in [0.25, 0.3) is 0 Å². The molecule has 0 radical (unpaired) electrons. The van der Waals surface area contributed by atoms with Crippen LogP contribution in [0.1, 0.15) is 58.3 Å². The van der Waals surface area contributed by atoms with E-state index >= 15 is 0 Å². The summed E-state index contributed by atoms with van der Waals surface area (Å²) < 4.78 is 35.5. The molecule has 0 bridgehead atoms. The lowest BCUT2D eigenvalue weighted by Crippen LogP contribution is -2.31. The standard InChI is InChI=1S/C14H29NO4S2/c1-14(8-4-2-5-9-14)19-12-7-3-6-10-15-11-13-20-21(16,17)18/h15H,2-13H2,1H3,(H,16,17,18). The molecule has 1 aliphatic rings. The van der Waals surface area contributed by atoms with Crippen molar-refractivity contribution in [2.45, 2.75) is 63.9 Å². The average molecular weight is 340 g/mol. The van der Waals surface area contributed by atoms with E-state index in [2.05, 4.69) is 12.2 Å². The third-order valence-corrected chi connectivity index (χ3v) is 5.93. The van der Waals surface area contributed by atoms with E-state index in [-0.39, 0.29) is 5.60 Å². The topological polar surface area (TPSA) is 75.6 Å². The summed E-state index contributed by atoms with van der Waals surface area (Å²) in [6, 6.07) is 0. The van der Waals surface area contributed by atoms with Gasteiger partial charge in [0.1, 0.15) is 0 Å². The fraction of sp³-hybridized carbons (Fsp3) is 1.00. The van der Waals surface area contributed by atoms with Crippen LogP contribution in [0.2, 0.25) is 0 Å². The summed E-state index contributed by atoms with van der Waals surface area (Å²) in [7, 11) is -3.32. The van der Waals surface area contributed by atoms with Crippen molar-refractivity contribution in [2.24, 2.45) is 0 Å². The molecule has 1 fully saturated rings. The van der Waals surface area contributed by atoms with Gasteiger partial charge in [-0.15, -0.1) is 0 Å². The van der Waals surface area contributed by atoms with Gasteiger partial charge in [-0.2, -0.15) is 8.42 Å². The zero-order valence-corrected chi connectivity index (χ0v) is 14.6. The van der Waals surface area contributed by atoms with Crippen LogP contribution < -0.4 is 5.32 Å². The first kappa shape index (κ1) is 19.2. The van der Waals surface area contributed by atoms with Gasteiger partial charge in [-0.1, -0.05) is 19.3 Å². The molecule has 1 saturated carbocycles. The van der Waals surface area contributed by atoms with E-state index in [9.17, 15) is 8.42 Å². The highest BCUT2D eigenvalue weighted by molar-refractivity contribution is 8.69. The Bertz CT molecular complexity index is 367. The summed E-state index contributed by atoms with van der Waals surface area (Å²) >= 11 is 0. The first-order valence-corrected chi connectivity index (χ1v) is 10.8. The summed E-state index contributed by atoms with van der Waals surface area (Å²) in [5.41, 5.74) is 0.115. The lowest BCUT2D eigenvalue weighted by atomic mass is 9.86. The average Bonchev–Trinajstić information content (AvgIpc) is 2.40. The Morgan fingerprint density at radius 1 is 1.14 bits per heavy atom. The molecule has 0 amide bonds. The second kappa shape index (κ2) is 10.0. The third-order valence-electron chi connectivity index (χ3n) is 3.87. The maximum atomic E-state index is 10.5. The van der Waals surface area contributed by atoms with E-state index in [1.54, 1.807) is 0 Å². The van der Waals surface area contributed by atoms with Crippen LogP contribution in [0, 0.1) is 0 Å². The molecule has 0 aromatic carbocycles. The van der Waals surface area contributed by atoms with Gasteiger partial charge in [-0.3, -0.25) is 4.55 Å². The summed E-state index contributed by atoms with van der Waals surface area (Å²) in [6.07, 6.45) is 9.59. The van der Waals surface area contributed by atoms with Crippen LogP contribution >= 0.6 is 10.8 Å². The first-order chi connectivity index (χ1) is 9.91. The zero-order chi connectivity index (χ0) is 15.6. The Hall–Kier alpha value is 0.180. The maximum Gasteiger partial charge on any atom is 0.319 e. The molecule has 1 rings (SSSR count). The fourth-order valence-electron chi connectivity index (χ4n) is 2.64. The van der Waals surface area contributed by atoms with Crippen molar-refractivity contribution in [3.05, 3.63) is 0 Å². The normalized spacial score (nSPS) is 18.8. The van der Waals surface area contributed by atoms with Gasteiger partial charge < -0.3 is 10.1 Å². The van der Waals surface area contributed by atoms with Crippen LogP contribution in [-0.2, 0) is 13.9 Å². The van der Waals surface area contributed by atoms with Gasteiger partial charge in [0.15, 0.2) is 0 Å². The molecule has 21 heavy (non-hydrogen) atoms. The molecule has 7 heteroatoms. The quantitative estimate of drug-likeness (QED) is 0.342. The van der Waals surface area contributed by atoms with E-state index in [0.29, 0.717) is 23.1 Å². The van der Waals surface area contributed by atoms with E-state index in [0.717, 1.165) is 32.4 Å². The maximum absolute atomic E-state index is 10.5. The molecule has 5 nitrogen and oxygen atoms in total. The summed E-state index contributed by atoms with van der Waals surface area (Å²) in [5, 5.41) is 3.17. The highest BCUT2D eigenvalue weighted by Gasteiger charge is 2.26. The van der Waals surface area contributed by atoms with Crippen LogP contribution in [0.5, 0.6) is 0 Å². The Balaban J connectivity index is 1.86. The van der Waals surface area contributed by atoms with Gasteiger partial charge in [0.2, 0.25) is 0 Å². The smallest absolute Gasteiger partial charge is 0.319 e. The summed E-state index contributed by atoms with van der Waals surface area (Å²) in [4.78, 5) is 0. The zero-order valence-electron chi connectivity index (χ0n) is 13.0. The van der Waals surface area contributed by atoms with Crippen LogP contribution in [0.15, 0.2) is 0 Å². The molecule has 1 aliphatic carbocycles. The molecular formula is C14H29NO4S2.